The van der Waals surface area contributed by atoms with Crippen LogP contribution in [0.25, 0.3) is 0 Å². The quantitative estimate of drug-likeness (QED) is 0.515. The molecule has 0 spiro atoms. The number of carbonyl (C=O) groups excluding carboxylic acids is 1. The second kappa shape index (κ2) is 3.10. The normalized spacial score (nSPS) is 42.9. The van der Waals surface area contributed by atoms with Crippen molar-refractivity contribution in [1.82, 2.24) is 0 Å². The van der Waals surface area contributed by atoms with Gasteiger partial charge in [0.05, 0.1) is 6.61 Å². The van der Waals surface area contributed by atoms with Gasteiger partial charge < -0.3 is 4.74 Å². The monoisotopic (exact) mass is 208 g/mol. The standard InChI is InChI=1S/C13H20O2/c1-9-7-11-5-6-12(9,3)13(11,4)8-15-10(2)14/h7,11H,5-6,8H2,1-4H3. The van der Waals surface area contributed by atoms with E-state index < -0.39 is 0 Å². The molecule has 0 heterocycles. The summed E-state index contributed by atoms with van der Waals surface area (Å²) in [5.41, 5.74) is 1.85. The second-order valence-corrected chi connectivity index (χ2v) is 5.52. The zero-order valence-corrected chi connectivity index (χ0v) is 10.1. The van der Waals surface area contributed by atoms with Crippen molar-refractivity contribution >= 4 is 5.97 Å². The third kappa shape index (κ3) is 1.27. The molecule has 1 saturated carbocycles. The zero-order chi connectivity index (χ0) is 11.3. The molecule has 2 rings (SSSR count). The van der Waals surface area contributed by atoms with Crippen molar-refractivity contribution in [2.75, 3.05) is 6.61 Å². The minimum Gasteiger partial charge on any atom is -0.465 e. The maximum absolute atomic E-state index is 10.9. The summed E-state index contributed by atoms with van der Waals surface area (Å²) in [4.78, 5) is 10.9. The molecule has 0 aromatic carbocycles. The highest BCUT2D eigenvalue weighted by atomic mass is 16.5. The SMILES string of the molecule is CC(=O)OCC1(C)C2C=C(C)C1(C)CC2. The van der Waals surface area contributed by atoms with Crippen molar-refractivity contribution < 1.29 is 9.53 Å². The Bertz CT molecular complexity index is 331. The molecule has 0 aromatic heterocycles. The van der Waals surface area contributed by atoms with E-state index in [9.17, 15) is 4.79 Å². The highest BCUT2D eigenvalue weighted by molar-refractivity contribution is 5.66. The molecule has 0 aromatic rings. The van der Waals surface area contributed by atoms with E-state index in [-0.39, 0.29) is 16.8 Å². The molecule has 2 aliphatic carbocycles. The van der Waals surface area contributed by atoms with Gasteiger partial charge in [0, 0.05) is 12.3 Å². The Kier molecular flexibility index (Phi) is 2.21. The lowest BCUT2D eigenvalue weighted by atomic mass is 9.67. The smallest absolute Gasteiger partial charge is 0.302 e. The van der Waals surface area contributed by atoms with Gasteiger partial charge in [-0.15, -0.1) is 0 Å². The lowest BCUT2D eigenvalue weighted by Gasteiger charge is -2.39. The Hall–Kier alpha value is -0.790. The average Bonchev–Trinajstić information content (AvgIpc) is 2.50. The third-order valence-corrected chi connectivity index (χ3v) is 4.93. The first kappa shape index (κ1) is 10.7. The summed E-state index contributed by atoms with van der Waals surface area (Å²) in [5, 5.41) is 0. The van der Waals surface area contributed by atoms with Gasteiger partial charge in [-0.25, -0.2) is 0 Å². The van der Waals surface area contributed by atoms with Gasteiger partial charge in [-0.05, 0) is 31.1 Å². The first-order valence-electron chi connectivity index (χ1n) is 5.72. The maximum atomic E-state index is 10.9. The van der Waals surface area contributed by atoms with Gasteiger partial charge in [0.25, 0.3) is 0 Å². The van der Waals surface area contributed by atoms with Crippen molar-refractivity contribution in [3.8, 4) is 0 Å². The van der Waals surface area contributed by atoms with Crippen LogP contribution < -0.4 is 0 Å². The largest absolute Gasteiger partial charge is 0.465 e. The molecule has 2 aliphatic rings. The zero-order valence-electron chi connectivity index (χ0n) is 10.1. The van der Waals surface area contributed by atoms with Gasteiger partial charge in [-0.2, -0.15) is 0 Å². The molecule has 2 heteroatoms. The van der Waals surface area contributed by atoms with Crippen LogP contribution >= 0.6 is 0 Å². The summed E-state index contributed by atoms with van der Waals surface area (Å²) in [6, 6.07) is 0. The molecule has 2 bridgehead atoms. The topological polar surface area (TPSA) is 26.3 Å². The van der Waals surface area contributed by atoms with Crippen LogP contribution in [0.2, 0.25) is 0 Å². The van der Waals surface area contributed by atoms with E-state index in [1.54, 1.807) is 0 Å². The highest BCUT2D eigenvalue weighted by Gasteiger charge is 2.59. The lowest BCUT2D eigenvalue weighted by molar-refractivity contribution is -0.146. The van der Waals surface area contributed by atoms with Crippen molar-refractivity contribution in [1.29, 1.82) is 0 Å². The number of rotatable bonds is 2. The van der Waals surface area contributed by atoms with Crippen molar-refractivity contribution in [2.24, 2.45) is 16.7 Å². The van der Waals surface area contributed by atoms with E-state index >= 15 is 0 Å². The van der Waals surface area contributed by atoms with Gasteiger partial charge >= 0.3 is 5.97 Å². The molecule has 15 heavy (non-hydrogen) atoms. The van der Waals surface area contributed by atoms with Gasteiger partial charge in [-0.1, -0.05) is 25.5 Å². The van der Waals surface area contributed by atoms with Gasteiger partial charge in [0.2, 0.25) is 0 Å². The molecule has 0 amide bonds. The fraction of sp³-hybridized carbons (Fsp3) is 0.769. The summed E-state index contributed by atoms with van der Waals surface area (Å²) in [7, 11) is 0. The van der Waals surface area contributed by atoms with Crippen LogP contribution in [0.15, 0.2) is 11.6 Å². The molecule has 0 aliphatic heterocycles. The van der Waals surface area contributed by atoms with Crippen LogP contribution in [0.5, 0.6) is 0 Å². The van der Waals surface area contributed by atoms with E-state index in [2.05, 4.69) is 26.8 Å². The summed E-state index contributed by atoms with van der Waals surface area (Å²) in [6.45, 7) is 8.85. The number of fused-ring (bicyclic) bond motifs is 2. The summed E-state index contributed by atoms with van der Waals surface area (Å²) in [6.07, 6.45) is 4.86. The lowest BCUT2D eigenvalue weighted by Crippen LogP contribution is -2.37. The maximum Gasteiger partial charge on any atom is 0.302 e. The fourth-order valence-electron chi connectivity index (χ4n) is 3.38. The van der Waals surface area contributed by atoms with Crippen LogP contribution in [-0.2, 0) is 9.53 Å². The molecule has 1 fully saturated rings. The van der Waals surface area contributed by atoms with Crippen molar-refractivity contribution in [3.63, 3.8) is 0 Å². The third-order valence-electron chi connectivity index (χ3n) is 4.93. The van der Waals surface area contributed by atoms with E-state index in [1.807, 2.05) is 0 Å². The Morgan fingerprint density at radius 3 is 2.67 bits per heavy atom. The summed E-state index contributed by atoms with van der Waals surface area (Å²) >= 11 is 0. The molecular weight excluding hydrogens is 188 g/mol. The van der Waals surface area contributed by atoms with Crippen LogP contribution in [0.1, 0.15) is 40.5 Å². The van der Waals surface area contributed by atoms with Crippen molar-refractivity contribution in [3.05, 3.63) is 11.6 Å². The Labute approximate surface area is 91.7 Å². The second-order valence-electron chi connectivity index (χ2n) is 5.52. The van der Waals surface area contributed by atoms with E-state index in [1.165, 1.54) is 25.3 Å². The summed E-state index contributed by atoms with van der Waals surface area (Å²) in [5.74, 6) is 0.436. The minimum absolute atomic E-state index is 0.128. The number of carbonyl (C=O) groups is 1. The van der Waals surface area contributed by atoms with Crippen LogP contribution in [0.4, 0.5) is 0 Å². The summed E-state index contributed by atoms with van der Waals surface area (Å²) < 4.78 is 5.25. The average molecular weight is 208 g/mol. The van der Waals surface area contributed by atoms with Crippen LogP contribution in [-0.4, -0.2) is 12.6 Å². The number of ether oxygens (including phenoxy) is 1. The van der Waals surface area contributed by atoms with Gasteiger partial charge in [0.15, 0.2) is 0 Å². The van der Waals surface area contributed by atoms with E-state index in [0.29, 0.717) is 12.5 Å². The molecule has 84 valence electrons. The van der Waals surface area contributed by atoms with Gasteiger partial charge in [0.1, 0.15) is 0 Å². The van der Waals surface area contributed by atoms with Crippen LogP contribution in [0.3, 0.4) is 0 Å². The Morgan fingerprint density at radius 1 is 1.60 bits per heavy atom. The highest BCUT2D eigenvalue weighted by Crippen LogP contribution is 2.65. The number of allylic oxidation sites excluding steroid dienone is 2. The molecule has 0 N–H and O–H groups in total. The van der Waals surface area contributed by atoms with Crippen molar-refractivity contribution in [2.45, 2.75) is 40.5 Å². The Morgan fingerprint density at radius 2 is 2.27 bits per heavy atom. The van der Waals surface area contributed by atoms with E-state index in [4.69, 9.17) is 4.74 Å². The molecular formula is C13H20O2. The molecule has 0 radical (unpaired) electrons. The fourth-order valence-corrected chi connectivity index (χ4v) is 3.38. The molecule has 3 atom stereocenters. The van der Waals surface area contributed by atoms with Gasteiger partial charge in [-0.3, -0.25) is 4.79 Å². The van der Waals surface area contributed by atoms with E-state index in [0.717, 1.165) is 0 Å². The predicted octanol–water partition coefficient (Wildman–Crippen LogP) is 2.93. The number of hydrogen-bond acceptors (Lipinski definition) is 2. The number of hydrogen-bond donors (Lipinski definition) is 0. The molecule has 0 saturated heterocycles. The Balaban J connectivity index is 2.21. The minimum atomic E-state index is -0.163. The number of esters is 1. The molecule has 2 nitrogen and oxygen atoms in total. The molecule has 3 unspecified atom stereocenters. The first-order chi connectivity index (χ1) is 6.90. The van der Waals surface area contributed by atoms with Crippen LogP contribution in [0, 0.1) is 16.7 Å². The predicted molar refractivity (Wildman–Crippen MR) is 59.3 cm³/mol. The first-order valence-corrected chi connectivity index (χ1v) is 5.72.